The smallest absolute Gasteiger partial charge is 0.309 e. The van der Waals surface area contributed by atoms with Crippen LogP contribution in [0.15, 0.2) is 12.2 Å². The summed E-state index contributed by atoms with van der Waals surface area (Å²) < 4.78 is 0. The van der Waals surface area contributed by atoms with Crippen LogP contribution in [0.4, 0.5) is 0 Å². The first-order valence-corrected chi connectivity index (χ1v) is 9.45. The van der Waals surface area contributed by atoms with Crippen molar-refractivity contribution < 1.29 is 20.1 Å². The van der Waals surface area contributed by atoms with Gasteiger partial charge in [-0.15, -0.1) is 0 Å². The van der Waals surface area contributed by atoms with Gasteiger partial charge in [0.15, 0.2) is 0 Å². The summed E-state index contributed by atoms with van der Waals surface area (Å²) in [6, 6.07) is 0. The number of carbonyl (C=O) groups is 1. The van der Waals surface area contributed by atoms with Gasteiger partial charge in [-0.05, 0) is 74.2 Å². The molecular weight excluding hydrogens is 304 g/mol. The third-order valence-corrected chi connectivity index (χ3v) is 8.65. The second kappa shape index (κ2) is 4.85. The fourth-order valence-electron chi connectivity index (χ4n) is 7.73. The van der Waals surface area contributed by atoms with Gasteiger partial charge in [0.25, 0.3) is 0 Å². The van der Waals surface area contributed by atoms with Crippen molar-refractivity contribution in [2.75, 3.05) is 0 Å². The highest BCUT2D eigenvalue weighted by molar-refractivity contribution is 5.75. The molecule has 4 saturated carbocycles. The van der Waals surface area contributed by atoms with Gasteiger partial charge in [-0.2, -0.15) is 0 Å². The SMILES string of the molecule is C=C1[C@H]2C[C@H](O)[C@H]3[C@]4(C)CCC[C@@](C)(C(=O)O)[C@H]4CC[C@]3(C2)[C@H]1O. The maximum Gasteiger partial charge on any atom is 0.309 e. The Morgan fingerprint density at radius 2 is 1.92 bits per heavy atom. The van der Waals surface area contributed by atoms with Crippen molar-refractivity contribution in [3.05, 3.63) is 12.2 Å². The van der Waals surface area contributed by atoms with Crippen molar-refractivity contribution in [1.29, 1.82) is 0 Å². The van der Waals surface area contributed by atoms with E-state index >= 15 is 0 Å². The van der Waals surface area contributed by atoms with Crippen LogP contribution in [-0.2, 0) is 4.79 Å². The Morgan fingerprint density at radius 3 is 2.58 bits per heavy atom. The third kappa shape index (κ3) is 1.74. The number of aliphatic hydroxyl groups is 2. The van der Waals surface area contributed by atoms with Gasteiger partial charge in [0.05, 0.1) is 17.6 Å². The summed E-state index contributed by atoms with van der Waals surface area (Å²) in [4.78, 5) is 12.1. The van der Waals surface area contributed by atoms with Crippen LogP contribution in [0.2, 0.25) is 0 Å². The normalized spacial score (nSPS) is 56.5. The Balaban J connectivity index is 1.82. The molecule has 24 heavy (non-hydrogen) atoms. The fourth-order valence-corrected chi connectivity index (χ4v) is 7.73. The molecule has 134 valence electrons. The van der Waals surface area contributed by atoms with E-state index in [1.54, 1.807) is 0 Å². The highest BCUT2D eigenvalue weighted by atomic mass is 16.4. The summed E-state index contributed by atoms with van der Waals surface area (Å²) in [5, 5.41) is 31.9. The molecule has 0 aromatic carbocycles. The molecule has 0 unspecified atom stereocenters. The van der Waals surface area contributed by atoms with Gasteiger partial charge in [0.2, 0.25) is 0 Å². The molecule has 4 nitrogen and oxygen atoms in total. The molecule has 2 bridgehead atoms. The van der Waals surface area contributed by atoms with Gasteiger partial charge >= 0.3 is 5.97 Å². The molecule has 0 saturated heterocycles. The van der Waals surface area contributed by atoms with Crippen LogP contribution in [0, 0.1) is 34.0 Å². The van der Waals surface area contributed by atoms with Crippen LogP contribution in [-0.4, -0.2) is 33.5 Å². The predicted octanol–water partition coefficient (Wildman–Crippen LogP) is 2.98. The van der Waals surface area contributed by atoms with Crippen LogP contribution < -0.4 is 0 Å². The lowest BCUT2D eigenvalue weighted by Gasteiger charge is -2.64. The second-order valence-corrected chi connectivity index (χ2v) is 9.57. The van der Waals surface area contributed by atoms with Crippen molar-refractivity contribution in [2.24, 2.45) is 34.0 Å². The van der Waals surface area contributed by atoms with Gasteiger partial charge in [-0.1, -0.05) is 19.9 Å². The maximum absolute atomic E-state index is 12.1. The molecule has 4 fully saturated rings. The summed E-state index contributed by atoms with van der Waals surface area (Å²) in [5.74, 6) is -0.429. The molecule has 0 aromatic heterocycles. The predicted molar refractivity (Wildman–Crippen MR) is 90.2 cm³/mol. The van der Waals surface area contributed by atoms with E-state index in [1.165, 1.54) is 0 Å². The molecule has 4 aliphatic rings. The summed E-state index contributed by atoms with van der Waals surface area (Å²) in [6.07, 6.45) is 4.80. The number of aliphatic hydroxyl groups excluding tert-OH is 2. The van der Waals surface area contributed by atoms with Gasteiger partial charge in [-0.3, -0.25) is 4.79 Å². The van der Waals surface area contributed by atoms with Crippen molar-refractivity contribution >= 4 is 5.97 Å². The molecule has 3 N–H and O–H groups in total. The molecule has 1 spiro atoms. The maximum atomic E-state index is 12.1. The molecule has 4 aliphatic carbocycles. The van der Waals surface area contributed by atoms with Crippen LogP contribution in [0.3, 0.4) is 0 Å². The lowest BCUT2D eigenvalue weighted by Crippen LogP contribution is -2.63. The first-order chi connectivity index (χ1) is 11.2. The first kappa shape index (κ1) is 16.6. The van der Waals surface area contributed by atoms with E-state index in [0.717, 1.165) is 44.1 Å². The number of carboxylic acid groups (broad SMARTS) is 1. The van der Waals surface area contributed by atoms with Crippen molar-refractivity contribution in [2.45, 2.75) is 71.0 Å². The Hall–Kier alpha value is -0.870. The number of rotatable bonds is 1. The lowest BCUT2D eigenvalue weighted by molar-refractivity contribution is -0.212. The Kier molecular flexibility index (Phi) is 3.35. The number of aliphatic carboxylic acids is 1. The number of hydrogen-bond acceptors (Lipinski definition) is 3. The van der Waals surface area contributed by atoms with Gasteiger partial charge in [-0.25, -0.2) is 0 Å². The van der Waals surface area contributed by atoms with E-state index in [-0.39, 0.29) is 28.6 Å². The van der Waals surface area contributed by atoms with E-state index in [4.69, 9.17) is 0 Å². The topological polar surface area (TPSA) is 77.8 Å². The van der Waals surface area contributed by atoms with E-state index in [1.807, 2.05) is 6.92 Å². The lowest BCUT2D eigenvalue weighted by atomic mass is 9.40. The number of carboxylic acids is 1. The molecule has 0 aliphatic heterocycles. The van der Waals surface area contributed by atoms with Crippen LogP contribution in [0.25, 0.3) is 0 Å². The van der Waals surface area contributed by atoms with E-state index in [9.17, 15) is 20.1 Å². The number of fused-ring (bicyclic) bond motifs is 3. The number of hydrogen-bond donors (Lipinski definition) is 3. The second-order valence-electron chi connectivity index (χ2n) is 9.57. The third-order valence-electron chi connectivity index (χ3n) is 8.65. The fraction of sp³-hybridized carbons (Fsp3) is 0.850. The molecule has 0 aromatic rings. The van der Waals surface area contributed by atoms with Crippen LogP contribution in [0.1, 0.15) is 58.8 Å². The van der Waals surface area contributed by atoms with Crippen molar-refractivity contribution in [3.8, 4) is 0 Å². The quantitative estimate of drug-likeness (QED) is 0.644. The zero-order chi connectivity index (χ0) is 17.5. The monoisotopic (exact) mass is 334 g/mol. The minimum Gasteiger partial charge on any atom is -0.481 e. The molecule has 0 amide bonds. The summed E-state index contributed by atoms with van der Waals surface area (Å²) in [6.45, 7) is 8.22. The molecule has 8 atom stereocenters. The van der Waals surface area contributed by atoms with E-state index < -0.39 is 23.6 Å². The Labute approximate surface area is 144 Å². The minimum atomic E-state index is -0.717. The summed E-state index contributed by atoms with van der Waals surface area (Å²) >= 11 is 0. The standard InChI is InChI=1S/C20H30O4/c1-11-12-9-13(21)15-18(2)6-4-7-19(3,17(23)24)14(18)5-8-20(15,10-12)16(11)22/h12-16,21-22H,1,4-10H2,2-3H3,(H,23,24)/t12-,13-,14-,15-,16-,18+,19+,20+/m0/s1. The van der Waals surface area contributed by atoms with Gasteiger partial charge in [0, 0.05) is 5.41 Å². The average Bonchev–Trinajstić information content (AvgIpc) is 2.68. The summed E-state index contributed by atoms with van der Waals surface area (Å²) in [5.41, 5.74) is -0.331. The molecule has 4 rings (SSSR count). The van der Waals surface area contributed by atoms with E-state index in [0.29, 0.717) is 6.42 Å². The molecular formula is C20H30O4. The Morgan fingerprint density at radius 1 is 1.21 bits per heavy atom. The minimum absolute atomic E-state index is 0.0202. The largest absolute Gasteiger partial charge is 0.481 e. The first-order valence-electron chi connectivity index (χ1n) is 9.45. The van der Waals surface area contributed by atoms with Gasteiger partial charge < -0.3 is 15.3 Å². The molecule has 0 radical (unpaired) electrons. The highest BCUT2D eigenvalue weighted by Gasteiger charge is 2.69. The van der Waals surface area contributed by atoms with E-state index in [2.05, 4.69) is 13.5 Å². The van der Waals surface area contributed by atoms with Gasteiger partial charge in [0.1, 0.15) is 0 Å². The van der Waals surface area contributed by atoms with Crippen molar-refractivity contribution in [1.82, 2.24) is 0 Å². The summed E-state index contributed by atoms with van der Waals surface area (Å²) in [7, 11) is 0. The zero-order valence-electron chi connectivity index (χ0n) is 14.8. The molecule has 4 heteroatoms. The zero-order valence-corrected chi connectivity index (χ0v) is 14.8. The van der Waals surface area contributed by atoms with Crippen molar-refractivity contribution in [3.63, 3.8) is 0 Å². The highest BCUT2D eigenvalue weighted by Crippen LogP contribution is 2.72. The molecule has 0 heterocycles. The Bertz CT molecular complexity index is 600. The average molecular weight is 334 g/mol. The van der Waals surface area contributed by atoms with Crippen LogP contribution in [0.5, 0.6) is 0 Å². The van der Waals surface area contributed by atoms with Crippen LogP contribution >= 0.6 is 0 Å².